The quantitative estimate of drug-likeness (QED) is 0.782. The molecule has 0 amide bonds. The van der Waals surface area contributed by atoms with Crippen molar-refractivity contribution in [1.82, 2.24) is 10.2 Å². The van der Waals surface area contributed by atoms with Crippen LogP contribution in [0.25, 0.3) is 0 Å². The van der Waals surface area contributed by atoms with Crippen molar-refractivity contribution in [2.24, 2.45) is 0 Å². The molecule has 22 heavy (non-hydrogen) atoms. The van der Waals surface area contributed by atoms with Crippen molar-refractivity contribution in [3.05, 3.63) is 34.9 Å². The van der Waals surface area contributed by atoms with Gasteiger partial charge in [-0.15, -0.1) is 0 Å². The van der Waals surface area contributed by atoms with E-state index >= 15 is 0 Å². The van der Waals surface area contributed by atoms with Crippen LogP contribution in [0.5, 0.6) is 0 Å². The first-order chi connectivity index (χ1) is 10.7. The minimum Gasteiger partial charge on any atom is -0.462 e. The summed E-state index contributed by atoms with van der Waals surface area (Å²) in [5.74, 6) is -0.204. The van der Waals surface area contributed by atoms with Crippen LogP contribution in [0.4, 0.5) is 0 Å². The maximum absolute atomic E-state index is 11.8. The van der Waals surface area contributed by atoms with Gasteiger partial charge in [0.15, 0.2) is 0 Å². The van der Waals surface area contributed by atoms with Crippen molar-refractivity contribution in [3.8, 4) is 0 Å². The van der Waals surface area contributed by atoms with Crippen molar-refractivity contribution >= 4 is 5.97 Å². The number of esters is 1. The first kappa shape index (κ1) is 14.2. The molecule has 3 aliphatic heterocycles. The molecule has 4 rings (SSSR count). The van der Waals surface area contributed by atoms with Crippen LogP contribution >= 0.6 is 0 Å². The number of hydrogen-bond acceptors (Lipinski definition) is 5. The molecule has 3 aliphatic rings. The van der Waals surface area contributed by atoms with Gasteiger partial charge < -0.3 is 14.8 Å². The van der Waals surface area contributed by atoms with Gasteiger partial charge in [0.2, 0.25) is 0 Å². The van der Waals surface area contributed by atoms with E-state index in [1.54, 1.807) is 0 Å². The maximum Gasteiger partial charge on any atom is 0.338 e. The standard InChI is InChI=1S/C17H22N2O3/c1-17(11-19-6-5-18-9-14(19)10-22-17)13-2-3-15-12(8-13)4-7-21-16(15)20/h2-3,8,14,18H,4-7,9-11H2,1H3. The van der Waals surface area contributed by atoms with Gasteiger partial charge in [-0.2, -0.15) is 0 Å². The van der Waals surface area contributed by atoms with E-state index in [4.69, 9.17) is 9.47 Å². The van der Waals surface area contributed by atoms with Gasteiger partial charge >= 0.3 is 5.97 Å². The average Bonchev–Trinajstić information content (AvgIpc) is 2.55. The Hall–Kier alpha value is -1.43. The maximum atomic E-state index is 11.8. The second-order valence-corrected chi connectivity index (χ2v) is 6.63. The lowest BCUT2D eigenvalue weighted by molar-refractivity contribution is -0.134. The number of nitrogens with one attached hydrogen (secondary N) is 1. The fraction of sp³-hybridized carbons (Fsp3) is 0.588. The predicted molar refractivity (Wildman–Crippen MR) is 82.0 cm³/mol. The highest BCUT2D eigenvalue weighted by molar-refractivity contribution is 5.92. The Bertz CT molecular complexity index is 604. The molecule has 5 nitrogen and oxygen atoms in total. The van der Waals surface area contributed by atoms with Gasteiger partial charge in [0.25, 0.3) is 0 Å². The summed E-state index contributed by atoms with van der Waals surface area (Å²) < 4.78 is 11.3. The number of carbonyl (C=O) groups excluding carboxylic acids is 1. The van der Waals surface area contributed by atoms with E-state index in [1.165, 1.54) is 0 Å². The topological polar surface area (TPSA) is 50.8 Å². The lowest BCUT2D eigenvalue weighted by atomic mass is 9.88. The second kappa shape index (κ2) is 5.33. The number of fused-ring (bicyclic) bond motifs is 2. The van der Waals surface area contributed by atoms with Gasteiger partial charge in [-0.05, 0) is 24.1 Å². The summed E-state index contributed by atoms with van der Waals surface area (Å²) in [4.78, 5) is 14.3. The molecule has 0 radical (unpaired) electrons. The molecule has 3 heterocycles. The number of nitrogens with zero attached hydrogens (tertiary/aromatic N) is 1. The monoisotopic (exact) mass is 302 g/mol. The number of cyclic esters (lactones) is 1. The molecule has 2 saturated heterocycles. The van der Waals surface area contributed by atoms with Crippen LogP contribution in [-0.2, 0) is 21.5 Å². The smallest absolute Gasteiger partial charge is 0.338 e. The van der Waals surface area contributed by atoms with E-state index in [9.17, 15) is 4.79 Å². The molecule has 1 aromatic rings. The van der Waals surface area contributed by atoms with Crippen molar-refractivity contribution in [2.75, 3.05) is 39.4 Å². The van der Waals surface area contributed by atoms with E-state index in [0.29, 0.717) is 18.2 Å². The molecule has 0 aromatic heterocycles. The first-order valence-corrected chi connectivity index (χ1v) is 8.05. The number of benzene rings is 1. The minimum atomic E-state index is -0.301. The molecule has 0 aliphatic carbocycles. The fourth-order valence-corrected chi connectivity index (χ4v) is 3.72. The van der Waals surface area contributed by atoms with E-state index < -0.39 is 0 Å². The average molecular weight is 302 g/mol. The van der Waals surface area contributed by atoms with Gasteiger partial charge in [-0.3, -0.25) is 4.90 Å². The summed E-state index contributed by atoms with van der Waals surface area (Å²) in [5.41, 5.74) is 2.65. The van der Waals surface area contributed by atoms with Crippen LogP contribution < -0.4 is 5.32 Å². The lowest BCUT2D eigenvalue weighted by Gasteiger charge is -2.47. The molecule has 2 unspecified atom stereocenters. The third kappa shape index (κ3) is 2.33. The van der Waals surface area contributed by atoms with Gasteiger partial charge in [0.1, 0.15) is 5.60 Å². The van der Waals surface area contributed by atoms with Crippen LogP contribution in [0, 0.1) is 0 Å². The Morgan fingerprint density at radius 1 is 1.41 bits per heavy atom. The normalized spacial score (nSPS) is 32.0. The van der Waals surface area contributed by atoms with Crippen molar-refractivity contribution in [2.45, 2.75) is 25.0 Å². The van der Waals surface area contributed by atoms with Crippen molar-refractivity contribution in [1.29, 1.82) is 0 Å². The Labute approximate surface area is 130 Å². The van der Waals surface area contributed by atoms with Crippen molar-refractivity contribution in [3.63, 3.8) is 0 Å². The molecule has 1 N–H and O–H groups in total. The van der Waals surface area contributed by atoms with Gasteiger partial charge in [-0.25, -0.2) is 4.79 Å². The SMILES string of the molecule is CC1(c2ccc3c(c2)CCOC3=O)CN2CCNCC2CO1. The number of morpholine rings is 1. The summed E-state index contributed by atoms with van der Waals surface area (Å²) >= 11 is 0. The third-order valence-electron chi connectivity index (χ3n) is 5.11. The van der Waals surface area contributed by atoms with E-state index in [-0.39, 0.29) is 11.6 Å². The zero-order chi connectivity index (χ0) is 15.2. The molecule has 2 fully saturated rings. The van der Waals surface area contributed by atoms with Crippen LogP contribution in [0.1, 0.15) is 28.4 Å². The van der Waals surface area contributed by atoms with E-state index in [0.717, 1.165) is 50.3 Å². The molecule has 118 valence electrons. The van der Waals surface area contributed by atoms with Gasteiger partial charge in [-0.1, -0.05) is 12.1 Å². The second-order valence-electron chi connectivity index (χ2n) is 6.63. The molecule has 0 saturated carbocycles. The minimum absolute atomic E-state index is 0.204. The number of rotatable bonds is 1. The Morgan fingerprint density at radius 2 is 2.32 bits per heavy atom. The Balaban J connectivity index is 1.62. The molecule has 2 atom stereocenters. The van der Waals surface area contributed by atoms with Crippen LogP contribution in [-0.4, -0.2) is 56.3 Å². The van der Waals surface area contributed by atoms with Crippen LogP contribution in [0.3, 0.4) is 0 Å². The largest absolute Gasteiger partial charge is 0.462 e. The third-order valence-corrected chi connectivity index (χ3v) is 5.11. The highest BCUT2D eigenvalue weighted by atomic mass is 16.5. The molecule has 1 aromatic carbocycles. The Morgan fingerprint density at radius 3 is 3.23 bits per heavy atom. The Kier molecular flexibility index (Phi) is 3.44. The van der Waals surface area contributed by atoms with E-state index in [1.807, 2.05) is 12.1 Å². The molecule has 0 bridgehead atoms. The highest BCUT2D eigenvalue weighted by Gasteiger charge is 2.39. The number of hydrogen-bond donors (Lipinski definition) is 1. The zero-order valence-electron chi connectivity index (χ0n) is 12.9. The van der Waals surface area contributed by atoms with E-state index in [2.05, 4.69) is 23.2 Å². The summed E-state index contributed by atoms with van der Waals surface area (Å²) in [6, 6.07) is 6.53. The summed E-state index contributed by atoms with van der Waals surface area (Å²) in [6.45, 7) is 7.42. The van der Waals surface area contributed by atoms with Crippen LogP contribution in [0.2, 0.25) is 0 Å². The van der Waals surface area contributed by atoms with Gasteiger partial charge in [0.05, 0.1) is 18.8 Å². The fourth-order valence-electron chi connectivity index (χ4n) is 3.72. The number of ether oxygens (including phenoxy) is 2. The molecule has 5 heteroatoms. The summed E-state index contributed by atoms with van der Waals surface area (Å²) in [7, 11) is 0. The molecular formula is C17H22N2O3. The molecule has 0 spiro atoms. The highest BCUT2D eigenvalue weighted by Crippen LogP contribution is 2.33. The van der Waals surface area contributed by atoms with Gasteiger partial charge in [0, 0.05) is 38.6 Å². The lowest BCUT2D eigenvalue weighted by Crippen LogP contribution is -2.61. The van der Waals surface area contributed by atoms with Crippen LogP contribution in [0.15, 0.2) is 18.2 Å². The summed E-state index contributed by atoms with van der Waals surface area (Å²) in [5, 5.41) is 3.42. The predicted octanol–water partition coefficient (Wildman–Crippen LogP) is 0.919. The molecular weight excluding hydrogens is 280 g/mol. The zero-order valence-corrected chi connectivity index (χ0v) is 12.9. The summed E-state index contributed by atoms with van der Waals surface area (Å²) in [6.07, 6.45) is 0.793. The number of carbonyl (C=O) groups is 1. The van der Waals surface area contributed by atoms with Crippen molar-refractivity contribution < 1.29 is 14.3 Å². The first-order valence-electron chi connectivity index (χ1n) is 8.05. The number of piperazine rings is 1.